The molecule has 0 unspecified atom stereocenters. The maximum absolute atomic E-state index is 13.3. The van der Waals surface area contributed by atoms with Gasteiger partial charge in [0.05, 0.1) is 12.2 Å². The number of benzene rings is 3. The Kier molecular flexibility index (Phi) is 6.44. The Morgan fingerprint density at radius 1 is 0.853 bits per heavy atom. The summed E-state index contributed by atoms with van der Waals surface area (Å²) >= 11 is 0. The molecule has 1 amide bonds. The van der Waals surface area contributed by atoms with Gasteiger partial charge in [-0.05, 0) is 54.4 Å². The van der Waals surface area contributed by atoms with Crippen molar-refractivity contribution in [2.75, 3.05) is 0 Å². The first kappa shape index (κ1) is 22.8. The van der Waals surface area contributed by atoms with Crippen LogP contribution in [0.3, 0.4) is 0 Å². The number of nitrogens with zero attached hydrogens (tertiary/aromatic N) is 3. The van der Waals surface area contributed by atoms with E-state index in [9.17, 15) is 23.2 Å². The molecule has 0 saturated carbocycles. The molecule has 0 aliphatic rings. The zero-order valence-electron chi connectivity index (χ0n) is 18.2. The van der Waals surface area contributed by atoms with Gasteiger partial charge >= 0.3 is 5.69 Å². The number of carbonyl (C=O) groups is 1. The molecule has 34 heavy (non-hydrogen) atoms. The van der Waals surface area contributed by atoms with Crippen LogP contribution in [0, 0.1) is 18.6 Å². The molecule has 1 N–H and O–H groups in total. The number of halogens is 2. The van der Waals surface area contributed by atoms with Gasteiger partial charge in [0.15, 0.2) is 0 Å². The van der Waals surface area contributed by atoms with Crippen LogP contribution in [0.25, 0.3) is 5.69 Å². The number of amides is 1. The normalized spacial score (nSPS) is 10.8. The highest BCUT2D eigenvalue weighted by atomic mass is 19.1. The third-order valence-electron chi connectivity index (χ3n) is 5.17. The van der Waals surface area contributed by atoms with E-state index >= 15 is 0 Å². The smallest absolute Gasteiger partial charge is 0.346 e. The third-order valence-corrected chi connectivity index (χ3v) is 5.17. The van der Waals surface area contributed by atoms with Gasteiger partial charge in [0.25, 0.3) is 11.5 Å². The molecule has 3 aromatic carbocycles. The second kappa shape index (κ2) is 9.62. The van der Waals surface area contributed by atoms with Gasteiger partial charge in [0.2, 0.25) is 5.69 Å². The molecular weight excluding hydrogens is 442 g/mol. The minimum atomic E-state index is -0.880. The van der Waals surface area contributed by atoms with E-state index in [1.54, 1.807) is 24.3 Å². The van der Waals surface area contributed by atoms with Crippen molar-refractivity contribution in [2.45, 2.75) is 20.0 Å². The maximum Gasteiger partial charge on any atom is 0.352 e. The van der Waals surface area contributed by atoms with Gasteiger partial charge < -0.3 is 5.32 Å². The first-order valence-electron chi connectivity index (χ1n) is 10.4. The fourth-order valence-corrected chi connectivity index (χ4v) is 3.29. The summed E-state index contributed by atoms with van der Waals surface area (Å²) in [6.07, 6.45) is 0. The summed E-state index contributed by atoms with van der Waals surface area (Å²) in [5.41, 5.74) is 0.338. The van der Waals surface area contributed by atoms with Crippen LogP contribution in [-0.2, 0) is 13.1 Å². The summed E-state index contributed by atoms with van der Waals surface area (Å²) in [7, 11) is 0. The molecule has 0 atom stereocenters. The van der Waals surface area contributed by atoms with E-state index in [1.165, 1.54) is 48.5 Å². The average Bonchev–Trinajstić information content (AvgIpc) is 2.83. The molecule has 4 aromatic rings. The Morgan fingerprint density at radius 3 is 2.00 bits per heavy atom. The van der Waals surface area contributed by atoms with Gasteiger partial charge in [-0.25, -0.2) is 13.6 Å². The molecule has 0 bridgehead atoms. The van der Waals surface area contributed by atoms with Crippen LogP contribution in [0.5, 0.6) is 0 Å². The second-order valence-corrected chi connectivity index (χ2v) is 7.71. The van der Waals surface area contributed by atoms with E-state index in [0.717, 1.165) is 14.8 Å². The van der Waals surface area contributed by atoms with Gasteiger partial charge in [0.1, 0.15) is 11.6 Å². The minimum Gasteiger partial charge on any atom is -0.346 e. The van der Waals surface area contributed by atoms with Crippen LogP contribution in [-0.4, -0.2) is 20.3 Å². The minimum absolute atomic E-state index is 0.0296. The van der Waals surface area contributed by atoms with Gasteiger partial charge in [-0.3, -0.25) is 14.2 Å². The number of carbonyl (C=O) groups excluding carboxylic acids is 1. The van der Waals surface area contributed by atoms with Crippen LogP contribution in [0.1, 0.15) is 27.2 Å². The lowest BCUT2D eigenvalue weighted by Crippen LogP contribution is -2.46. The zero-order chi connectivity index (χ0) is 24.2. The van der Waals surface area contributed by atoms with Gasteiger partial charge in [0, 0.05) is 6.54 Å². The number of aromatic nitrogens is 3. The molecule has 0 saturated heterocycles. The molecule has 0 aliphatic heterocycles. The number of hydrogen-bond donors (Lipinski definition) is 1. The van der Waals surface area contributed by atoms with Crippen molar-refractivity contribution in [3.63, 3.8) is 0 Å². The summed E-state index contributed by atoms with van der Waals surface area (Å²) in [5.74, 6) is -1.66. The Hall–Kier alpha value is -4.40. The van der Waals surface area contributed by atoms with Crippen molar-refractivity contribution in [3.05, 3.63) is 128 Å². The fraction of sp³-hybridized carbons (Fsp3) is 0.120. The number of nitrogens with one attached hydrogen (secondary N) is 1. The van der Waals surface area contributed by atoms with E-state index in [2.05, 4.69) is 10.4 Å². The largest absolute Gasteiger partial charge is 0.352 e. The third kappa shape index (κ3) is 4.98. The Morgan fingerprint density at radius 2 is 1.41 bits per heavy atom. The van der Waals surface area contributed by atoms with Crippen LogP contribution in [0.4, 0.5) is 8.78 Å². The molecule has 7 nitrogen and oxygen atoms in total. The lowest BCUT2D eigenvalue weighted by molar-refractivity contribution is 0.0941. The van der Waals surface area contributed by atoms with Crippen LogP contribution in [0.15, 0.2) is 82.4 Å². The Labute approximate surface area is 192 Å². The Balaban J connectivity index is 1.75. The zero-order valence-corrected chi connectivity index (χ0v) is 18.2. The lowest BCUT2D eigenvalue weighted by atomic mass is 10.2. The van der Waals surface area contributed by atoms with Crippen molar-refractivity contribution in [1.82, 2.24) is 19.7 Å². The molecule has 1 heterocycles. The molecule has 9 heteroatoms. The molecule has 0 fully saturated rings. The molecule has 0 spiro atoms. The number of rotatable bonds is 6. The van der Waals surface area contributed by atoms with Crippen molar-refractivity contribution in [2.24, 2.45) is 0 Å². The summed E-state index contributed by atoms with van der Waals surface area (Å²) in [5, 5.41) is 6.63. The average molecular weight is 462 g/mol. The molecule has 0 aliphatic carbocycles. The van der Waals surface area contributed by atoms with E-state index in [1.807, 2.05) is 6.92 Å². The highest BCUT2D eigenvalue weighted by Gasteiger charge is 2.20. The predicted octanol–water partition coefficient (Wildman–Crippen LogP) is 2.96. The molecule has 172 valence electrons. The summed E-state index contributed by atoms with van der Waals surface area (Å²) in [6, 6.07) is 17.7. The predicted molar refractivity (Wildman–Crippen MR) is 122 cm³/mol. The van der Waals surface area contributed by atoms with Gasteiger partial charge in [-0.1, -0.05) is 42.0 Å². The van der Waals surface area contributed by atoms with Crippen molar-refractivity contribution in [1.29, 1.82) is 0 Å². The summed E-state index contributed by atoms with van der Waals surface area (Å²) < 4.78 is 28.3. The number of aryl methyl sites for hydroxylation is 1. The van der Waals surface area contributed by atoms with Gasteiger partial charge in [-0.2, -0.15) is 9.78 Å². The second-order valence-electron chi connectivity index (χ2n) is 7.71. The highest BCUT2D eigenvalue weighted by Crippen LogP contribution is 2.08. The standard InChI is InChI=1S/C25H20F2N4O3/c1-16-2-12-21(13-3-16)31-25(34)30(15-18-6-10-20(27)11-7-18)24(33)22(29-31)23(32)28-14-17-4-8-19(26)9-5-17/h2-13H,14-15H2,1H3,(H,28,32). The van der Waals surface area contributed by atoms with Crippen molar-refractivity contribution < 1.29 is 13.6 Å². The van der Waals surface area contributed by atoms with Crippen LogP contribution >= 0.6 is 0 Å². The van der Waals surface area contributed by atoms with Crippen molar-refractivity contribution >= 4 is 5.91 Å². The van der Waals surface area contributed by atoms with E-state index in [0.29, 0.717) is 16.8 Å². The highest BCUT2D eigenvalue weighted by molar-refractivity contribution is 5.91. The first-order chi connectivity index (χ1) is 16.3. The monoisotopic (exact) mass is 462 g/mol. The fourth-order valence-electron chi connectivity index (χ4n) is 3.29. The molecule has 4 rings (SSSR count). The van der Waals surface area contributed by atoms with E-state index in [4.69, 9.17) is 0 Å². The summed E-state index contributed by atoms with van der Waals surface area (Å²) in [6.45, 7) is 1.73. The SMILES string of the molecule is Cc1ccc(-n2nc(C(=O)NCc3ccc(F)cc3)c(=O)n(Cc3ccc(F)cc3)c2=O)cc1. The summed E-state index contributed by atoms with van der Waals surface area (Å²) in [4.78, 5) is 39.1. The quantitative estimate of drug-likeness (QED) is 0.478. The van der Waals surface area contributed by atoms with E-state index < -0.39 is 34.5 Å². The first-order valence-corrected chi connectivity index (χ1v) is 10.4. The molecule has 1 aromatic heterocycles. The number of hydrogen-bond acceptors (Lipinski definition) is 4. The van der Waals surface area contributed by atoms with Gasteiger partial charge in [-0.15, -0.1) is 0 Å². The lowest BCUT2D eigenvalue weighted by Gasteiger charge is -2.13. The van der Waals surface area contributed by atoms with Crippen LogP contribution in [0.2, 0.25) is 0 Å². The topological polar surface area (TPSA) is 86.0 Å². The Bertz CT molecular complexity index is 1440. The molecule has 0 radical (unpaired) electrons. The molecular formula is C25H20F2N4O3. The maximum atomic E-state index is 13.3. The van der Waals surface area contributed by atoms with Crippen LogP contribution < -0.4 is 16.6 Å². The van der Waals surface area contributed by atoms with Crippen molar-refractivity contribution in [3.8, 4) is 5.69 Å². The van der Waals surface area contributed by atoms with E-state index in [-0.39, 0.29) is 13.1 Å².